The summed E-state index contributed by atoms with van der Waals surface area (Å²) in [5, 5.41) is 0. The Morgan fingerprint density at radius 3 is 1.33 bits per heavy atom. The average molecular weight is 336 g/mol. The first-order valence-electron chi connectivity index (χ1n) is 7.98. The lowest BCUT2D eigenvalue weighted by Crippen LogP contribution is -2.12. The fraction of sp³-hybridized carbons (Fsp3) is 0.0952. The first-order chi connectivity index (χ1) is 11.8. The Kier molecular flexibility index (Phi) is 5.02. The molecule has 2 nitrogen and oxygen atoms in total. The van der Waals surface area contributed by atoms with E-state index < -0.39 is 10.3 Å². The number of hydrogen-bond donors (Lipinski definition) is 0. The van der Waals surface area contributed by atoms with Crippen molar-refractivity contribution in [3.63, 3.8) is 0 Å². The number of rotatable bonds is 5. The highest BCUT2D eigenvalue weighted by atomic mass is 32.3. The molecule has 3 heteroatoms. The predicted molar refractivity (Wildman–Crippen MR) is 98.1 cm³/mol. The standard InChI is InChI=1S/C21H20O2S/c1-2-21(22)23-24(18-12-6-3-7-13-18,19-14-8-4-9-15-19)20-16-10-5-11-17-20/h3-17H,2H2,1H3. The molecule has 0 aliphatic carbocycles. The summed E-state index contributed by atoms with van der Waals surface area (Å²) in [6.45, 7) is 1.83. The zero-order valence-corrected chi connectivity index (χ0v) is 14.4. The highest BCUT2D eigenvalue weighted by Gasteiger charge is 2.34. The molecule has 0 heterocycles. The molecular formula is C21H20O2S. The van der Waals surface area contributed by atoms with Gasteiger partial charge in [-0.1, -0.05) is 61.5 Å². The maximum absolute atomic E-state index is 12.3. The van der Waals surface area contributed by atoms with Crippen LogP contribution in [0.2, 0.25) is 0 Å². The second-order valence-electron chi connectivity index (χ2n) is 5.30. The van der Waals surface area contributed by atoms with Crippen LogP contribution in [0.3, 0.4) is 0 Å². The van der Waals surface area contributed by atoms with Gasteiger partial charge in [0.05, 0.1) is 0 Å². The smallest absolute Gasteiger partial charge is 0.316 e. The third-order valence-corrected chi connectivity index (χ3v) is 6.98. The molecule has 0 radical (unpaired) electrons. The first kappa shape index (κ1) is 16.3. The molecular weight excluding hydrogens is 316 g/mol. The molecule has 0 unspecified atom stereocenters. The molecule has 3 aromatic rings. The Balaban J connectivity index is 2.30. The van der Waals surface area contributed by atoms with Crippen LogP contribution in [-0.2, 0) is 8.98 Å². The molecule has 0 saturated carbocycles. The Morgan fingerprint density at radius 2 is 1.04 bits per heavy atom. The van der Waals surface area contributed by atoms with Crippen molar-refractivity contribution in [1.82, 2.24) is 0 Å². The fourth-order valence-corrected chi connectivity index (χ4v) is 5.71. The van der Waals surface area contributed by atoms with Gasteiger partial charge >= 0.3 is 5.97 Å². The molecule has 0 spiro atoms. The normalized spacial score (nSPS) is 11.7. The van der Waals surface area contributed by atoms with Gasteiger partial charge < -0.3 is 4.18 Å². The van der Waals surface area contributed by atoms with E-state index in [1.54, 1.807) is 0 Å². The van der Waals surface area contributed by atoms with Gasteiger partial charge in [0.1, 0.15) is 0 Å². The van der Waals surface area contributed by atoms with Crippen molar-refractivity contribution in [1.29, 1.82) is 0 Å². The van der Waals surface area contributed by atoms with Crippen LogP contribution in [0, 0.1) is 0 Å². The predicted octanol–water partition coefficient (Wildman–Crippen LogP) is 5.84. The highest BCUT2D eigenvalue weighted by Crippen LogP contribution is 2.69. The van der Waals surface area contributed by atoms with Crippen LogP contribution in [0.5, 0.6) is 0 Å². The van der Waals surface area contributed by atoms with E-state index in [2.05, 4.69) is 0 Å². The lowest BCUT2D eigenvalue weighted by molar-refractivity contribution is -0.133. The van der Waals surface area contributed by atoms with E-state index in [9.17, 15) is 4.79 Å². The van der Waals surface area contributed by atoms with Gasteiger partial charge in [0.15, 0.2) is 0 Å². The highest BCUT2D eigenvalue weighted by molar-refractivity contribution is 8.30. The fourth-order valence-electron chi connectivity index (χ4n) is 2.59. The first-order valence-corrected chi connectivity index (χ1v) is 9.54. The molecule has 122 valence electrons. The van der Waals surface area contributed by atoms with Crippen molar-refractivity contribution in [3.8, 4) is 0 Å². The van der Waals surface area contributed by atoms with Crippen molar-refractivity contribution in [2.24, 2.45) is 0 Å². The molecule has 3 aromatic carbocycles. The van der Waals surface area contributed by atoms with E-state index >= 15 is 0 Å². The molecule has 0 aliphatic heterocycles. The molecule has 24 heavy (non-hydrogen) atoms. The number of carbonyl (C=O) groups is 1. The molecule has 0 saturated heterocycles. The van der Waals surface area contributed by atoms with Gasteiger partial charge in [-0.15, -0.1) is 0 Å². The summed E-state index contributed by atoms with van der Waals surface area (Å²) in [5.41, 5.74) is 0. The van der Waals surface area contributed by atoms with Crippen molar-refractivity contribution < 1.29 is 8.98 Å². The van der Waals surface area contributed by atoms with Gasteiger partial charge in [0, 0.05) is 21.1 Å². The summed E-state index contributed by atoms with van der Waals surface area (Å²) in [5.74, 6) is -0.193. The van der Waals surface area contributed by atoms with Crippen LogP contribution in [0.4, 0.5) is 0 Å². The van der Waals surface area contributed by atoms with E-state index in [4.69, 9.17) is 4.18 Å². The van der Waals surface area contributed by atoms with E-state index in [1.807, 2.05) is 97.9 Å². The molecule has 0 amide bonds. The molecule has 0 fully saturated rings. The van der Waals surface area contributed by atoms with Gasteiger partial charge in [0.2, 0.25) is 0 Å². The van der Waals surface area contributed by atoms with Crippen LogP contribution in [-0.4, -0.2) is 5.97 Å². The molecule has 0 aliphatic rings. The van der Waals surface area contributed by atoms with E-state index in [0.29, 0.717) is 6.42 Å². The number of benzene rings is 3. The monoisotopic (exact) mass is 336 g/mol. The van der Waals surface area contributed by atoms with Crippen molar-refractivity contribution in [2.75, 3.05) is 0 Å². The summed E-state index contributed by atoms with van der Waals surface area (Å²) in [4.78, 5) is 15.4. The summed E-state index contributed by atoms with van der Waals surface area (Å²) in [6.07, 6.45) is 0.348. The maximum atomic E-state index is 12.3. The van der Waals surface area contributed by atoms with Gasteiger partial charge in [-0.2, -0.15) is 0 Å². The van der Waals surface area contributed by atoms with Gasteiger partial charge in [-0.3, -0.25) is 4.79 Å². The second-order valence-corrected chi connectivity index (χ2v) is 8.00. The lowest BCUT2D eigenvalue weighted by Gasteiger charge is -2.39. The average Bonchev–Trinajstić information content (AvgIpc) is 2.68. The summed E-state index contributed by atoms with van der Waals surface area (Å²) in [6, 6.07) is 30.1. The molecule has 0 N–H and O–H groups in total. The van der Waals surface area contributed by atoms with Crippen molar-refractivity contribution in [2.45, 2.75) is 28.0 Å². The minimum Gasteiger partial charge on any atom is -0.402 e. The van der Waals surface area contributed by atoms with Crippen LogP contribution >= 0.6 is 10.3 Å². The van der Waals surface area contributed by atoms with Gasteiger partial charge in [-0.25, -0.2) is 0 Å². The maximum Gasteiger partial charge on any atom is 0.316 e. The Bertz CT molecular complexity index is 689. The number of carbonyl (C=O) groups excluding carboxylic acids is 1. The zero-order chi connectivity index (χ0) is 16.8. The molecule has 0 aromatic heterocycles. The second kappa shape index (κ2) is 7.37. The van der Waals surface area contributed by atoms with Gasteiger partial charge in [0.25, 0.3) is 0 Å². The van der Waals surface area contributed by atoms with Crippen LogP contribution in [0.15, 0.2) is 106 Å². The summed E-state index contributed by atoms with van der Waals surface area (Å²) >= 11 is 0. The molecule has 3 rings (SSSR count). The molecule has 0 atom stereocenters. The Morgan fingerprint density at radius 1 is 0.708 bits per heavy atom. The minimum atomic E-state index is -2.09. The number of hydrogen-bond acceptors (Lipinski definition) is 2. The van der Waals surface area contributed by atoms with E-state index in [0.717, 1.165) is 14.7 Å². The Hall–Kier alpha value is -2.52. The minimum absolute atomic E-state index is 0.193. The van der Waals surface area contributed by atoms with Crippen molar-refractivity contribution >= 4 is 16.3 Å². The lowest BCUT2D eigenvalue weighted by atomic mass is 10.4. The Labute approximate surface area is 144 Å². The third-order valence-electron chi connectivity index (χ3n) is 3.73. The largest absolute Gasteiger partial charge is 0.402 e. The third kappa shape index (κ3) is 3.08. The van der Waals surface area contributed by atoms with Crippen LogP contribution in [0.1, 0.15) is 13.3 Å². The molecule has 0 bridgehead atoms. The van der Waals surface area contributed by atoms with Crippen LogP contribution in [0.25, 0.3) is 0 Å². The topological polar surface area (TPSA) is 26.3 Å². The van der Waals surface area contributed by atoms with Gasteiger partial charge in [-0.05, 0) is 46.7 Å². The van der Waals surface area contributed by atoms with E-state index in [1.165, 1.54) is 0 Å². The van der Waals surface area contributed by atoms with Crippen LogP contribution < -0.4 is 0 Å². The summed E-state index contributed by atoms with van der Waals surface area (Å²) < 4.78 is 6.19. The quantitative estimate of drug-likeness (QED) is 0.585. The van der Waals surface area contributed by atoms with E-state index in [-0.39, 0.29) is 5.97 Å². The SMILES string of the molecule is CCC(=O)OS(c1ccccc1)(c1ccccc1)c1ccccc1. The summed E-state index contributed by atoms with van der Waals surface area (Å²) in [7, 11) is -2.09. The van der Waals surface area contributed by atoms with Crippen molar-refractivity contribution in [3.05, 3.63) is 91.0 Å². The zero-order valence-electron chi connectivity index (χ0n) is 13.6.